The molecule has 3 heterocycles. The number of furan rings is 1. The Kier molecular flexibility index (Phi) is 4.95. The Morgan fingerprint density at radius 2 is 1.85 bits per heavy atom. The summed E-state index contributed by atoms with van der Waals surface area (Å²) in [4.78, 5) is 3.52. The van der Waals surface area contributed by atoms with Gasteiger partial charge in [-0.05, 0) is 42.6 Å². The minimum Gasteiger partial charge on any atom is -0.468 e. The first-order chi connectivity index (χ1) is 12.8. The Labute approximate surface area is 155 Å². The van der Waals surface area contributed by atoms with Crippen LogP contribution in [-0.4, -0.2) is 15.1 Å². The van der Waals surface area contributed by atoms with Gasteiger partial charge in [0.1, 0.15) is 5.76 Å². The Morgan fingerprint density at radius 3 is 2.58 bits per heavy atom. The van der Waals surface area contributed by atoms with Crippen LogP contribution in [0.3, 0.4) is 0 Å². The van der Waals surface area contributed by atoms with E-state index >= 15 is 0 Å². The molecule has 0 fully saturated rings. The molecule has 5 nitrogen and oxygen atoms in total. The van der Waals surface area contributed by atoms with E-state index in [0.29, 0.717) is 24.9 Å². The van der Waals surface area contributed by atoms with Gasteiger partial charge in [0.05, 0.1) is 19.4 Å². The van der Waals surface area contributed by atoms with Gasteiger partial charge in [0.15, 0.2) is 0 Å². The molecule has 0 radical (unpaired) electrons. The lowest BCUT2D eigenvalue weighted by Gasteiger charge is -2.18. The predicted octanol–water partition coefficient (Wildman–Crippen LogP) is 4.90. The monoisotopic (exact) mass is 365 g/mol. The largest absolute Gasteiger partial charge is 0.468 e. The molecule has 26 heavy (non-hydrogen) atoms. The molecule has 6 heteroatoms. The van der Waals surface area contributed by atoms with Gasteiger partial charge in [0, 0.05) is 17.0 Å². The molecule has 132 valence electrons. The van der Waals surface area contributed by atoms with Crippen LogP contribution >= 0.6 is 11.3 Å². The number of rotatable bonds is 7. The van der Waals surface area contributed by atoms with E-state index in [0.717, 1.165) is 17.9 Å². The molecular formula is C20H19N3O2S. The first kappa shape index (κ1) is 16.8. The summed E-state index contributed by atoms with van der Waals surface area (Å²) in [6.45, 7) is 4.12. The van der Waals surface area contributed by atoms with E-state index in [1.807, 2.05) is 36.4 Å². The van der Waals surface area contributed by atoms with E-state index in [9.17, 15) is 0 Å². The molecule has 0 N–H and O–H groups in total. The summed E-state index contributed by atoms with van der Waals surface area (Å²) in [5, 5.41) is 10.5. The van der Waals surface area contributed by atoms with Crippen molar-refractivity contribution in [3.05, 3.63) is 82.3 Å². The Balaban J connectivity index is 1.50. The normalized spacial score (nSPS) is 11.3. The van der Waals surface area contributed by atoms with Crippen LogP contribution in [-0.2, 0) is 19.6 Å². The van der Waals surface area contributed by atoms with Gasteiger partial charge < -0.3 is 8.83 Å². The highest BCUT2D eigenvalue weighted by Crippen LogP contribution is 2.21. The zero-order valence-corrected chi connectivity index (χ0v) is 15.3. The molecule has 0 aliphatic rings. The maximum atomic E-state index is 5.89. The SMILES string of the molecule is Cc1ccc(-c2nnc(CN(Cc3ccco3)Cc3cccs3)o2)cc1. The van der Waals surface area contributed by atoms with E-state index in [4.69, 9.17) is 8.83 Å². The van der Waals surface area contributed by atoms with Crippen LogP contribution in [0.4, 0.5) is 0 Å². The fourth-order valence-electron chi connectivity index (χ4n) is 2.74. The summed E-state index contributed by atoms with van der Waals surface area (Å²) >= 11 is 1.74. The predicted molar refractivity (Wildman–Crippen MR) is 100 cm³/mol. The van der Waals surface area contributed by atoms with Crippen LogP contribution in [0.2, 0.25) is 0 Å². The van der Waals surface area contributed by atoms with Gasteiger partial charge in [-0.3, -0.25) is 4.90 Å². The molecule has 0 amide bonds. The van der Waals surface area contributed by atoms with Crippen molar-refractivity contribution < 1.29 is 8.83 Å². The Bertz CT molecular complexity index is 892. The van der Waals surface area contributed by atoms with Crippen molar-refractivity contribution >= 4 is 11.3 Å². The number of aryl methyl sites for hydroxylation is 1. The lowest BCUT2D eigenvalue weighted by molar-refractivity contribution is 0.208. The van der Waals surface area contributed by atoms with Crippen molar-refractivity contribution in [3.8, 4) is 11.5 Å². The van der Waals surface area contributed by atoms with Crippen LogP contribution in [0, 0.1) is 6.92 Å². The lowest BCUT2D eigenvalue weighted by Crippen LogP contribution is -2.21. The van der Waals surface area contributed by atoms with Crippen molar-refractivity contribution in [2.24, 2.45) is 0 Å². The molecule has 0 atom stereocenters. The summed E-state index contributed by atoms with van der Waals surface area (Å²) in [5.74, 6) is 2.07. The van der Waals surface area contributed by atoms with Gasteiger partial charge >= 0.3 is 0 Å². The van der Waals surface area contributed by atoms with Gasteiger partial charge in [0.25, 0.3) is 0 Å². The third-order valence-corrected chi connectivity index (χ3v) is 4.90. The number of benzene rings is 1. The summed E-state index contributed by atoms with van der Waals surface area (Å²) in [7, 11) is 0. The number of hydrogen-bond donors (Lipinski definition) is 0. The second-order valence-corrected chi connectivity index (χ2v) is 7.20. The highest BCUT2D eigenvalue weighted by Gasteiger charge is 2.15. The van der Waals surface area contributed by atoms with Crippen molar-refractivity contribution in [1.82, 2.24) is 15.1 Å². The Hall–Kier alpha value is -2.70. The molecule has 0 saturated carbocycles. The molecule has 4 aromatic rings. The first-order valence-corrected chi connectivity index (χ1v) is 9.31. The smallest absolute Gasteiger partial charge is 0.247 e. The highest BCUT2D eigenvalue weighted by atomic mass is 32.1. The number of nitrogens with zero attached hydrogens (tertiary/aromatic N) is 3. The van der Waals surface area contributed by atoms with E-state index in [-0.39, 0.29) is 0 Å². The van der Waals surface area contributed by atoms with Crippen LogP contribution < -0.4 is 0 Å². The lowest BCUT2D eigenvalue weighted by atomic mass is 10.1. The quantitative estimate of drug-likeness (QED) is 0.466. The summed E-state index contributed by atoms with van der Waals surface area (Å²) in [6, 6.07) is 16.2. The zero-order valence-electron chi connectivity index (χ0n) is 14.5. The van der Waals surface area contributed by atoms with Gasteiger partial charge in [-0.2, -0.15) is 0 Å². The van der Waals surface area contributed by atoms with Crippen molar-refractivity contribution in [3.63, 3.8) is 0 Å². The number of aromatic nitrogens is 2. The number of hydrogen-bond acceptors (Lipinski definition) is 6. The molecule has 0 aliphatic carbocycles. The zero-order chi connectivity index (χ0) is 17.8. The number of thiophene rings is 1. The molecule has 1 aromatic carbocycles. The third kappa shape index (κ3) is 4.09. The molecule has 3 aromatic heterocycles. The van der Waals surface area contributed by atoms with Crippen molar-refractivity contribution in [2.75, 3.05) is 0 Å². The third-order valence-electron chi connectivity index (χ3n) is 4.04. The fraction of sp³-hybridized carbons (Fsp3) is 0.200. The summed E-state index contributed by atoms with van der Waals surface area (Å²) < 4.78 is 11.4. The fourth-order valence-corrected chi connectivity index (χ4v) is 3.48. The van der Waals surface area contributed by atoms with E-state index in [2.05, 4.69) is 39.5 Å². The van der Waals surface area contributed by atoms with Crippen LogP contribution in [0.5, 0.6) is 0 Å². The summed E-state index contributed by atoms with van der Waals surface area (Å²) in [6.07, 6.45) is 1.70. The maximum absolute atomic E-state index is 5.89. The van der Waals surface area contributed by atoms with Gasteiger partial charge in [-0.1, -0.05) is 23.8 Å². The van der Waals surface area contributed by atoms with Crippen molar-refractivity contribution in [2.45, 2.75) is 26.6 Å². The van der Waals surface area contributed by atoms with E-state index in [1.54, 1.807) is 17.6 Å². The molecule has 0 saturated heterocycles. The highest BCUT2D eigenvalue weighted by molar-refractivity contribution is 7.09. The molecular weight excluding hydrogens is 346 g/mol. The van der Waals surface area contributed by atoms with Crippen LogP contribution in [0.1, 0.15) is 22.1 Å². The second kappa shape index (κ2) is 7.68. The summed E-state index contributed by atoms with van der Waals surface area (Å²) in [5.41, 5.74) is 2.14. The van der Waals surface area contributed by atoms with E-state index < -0.39 is 0 Å². The Morgan fingerprint density at radius 1 is 0.962 bits per heavy atom. The molecule has 0 spiro atoms. The van der Waals surface area contributed by atoms with E-state index in [1.165, 1.54) is 10.4 Å². The van der Waals surface area contributed by atoms with Crippen molar-refractivity contribution in [1.29, 1.82) is 0 Å². The molecule has 0 unspecified atom stereocenters. The minimum atomic E-state index is 0.550. The topological polar surface area (TPSA) is 55.3 Å². The standard InChI is InChI=1S/C20H19N3O2S/c1-15-6-8-16(9-7-15)20-22-21-19(25-20)14-23(12-17-4-2-10-24-17)13-18-5-3-11-26-18/h2-11H,12-14H2,1H3. The molecule has 0 aliphatic heterocycles. The van der Waals surface area contributed by atoms with Gasteiger partial charge in [-0.25, -0.2) is 0 Å². The average molecular weight is 365 g/mol. The average Bonchev–Trinajstić information content (AvgIpc) is 3.38. The second-order valence-electron chi connectivity index (χ2n) is 6.17. The maximum Gasteiger partial charge on any atom is 0.247 e. The molecule has 4 rings (SSSR count). The van der Waals surface area contributed by atoms with Crippen LogP contribution in [0.25, 0.3) is 11.5 Å². The van der Waals surface area contributed by atoms with Crippen LogP contribution in [0.15, 0.2) is 69.0 Å². The first-order valence-electron chi connectivity index (χ1n) is 8.43. The van der Waals surface area contributed by atoms with Gasteiger partial charge in [0.2, 0.25) is 11.8 Å². The molecule has 0 bridgehead atoms. The van der Waals surface area contributed by atoms with Gasteiger partial charge in [-0.15, -0.1) is 21.5 Å². The minimum absolute atomic E-state index is 0.550.